The van der Waals surface area contributed by atoms with Crippen molar-refractivity contribution in [2.24, 2.45) is 0 Å². The predicted octanol–water partition coefficient (Wildman–Crippen LogP) is 6.98. The Kier molecular flexibility index (Phi) is 8.81. The van der Waals surface area contributed by atoms with Crippen molar-refractivity contribution in [3.63, 3.8) is 0 Å². The SMILES string of the molecule is COc1cc(/C=C2/SC(=O)N(CC(=O)Nc3c(C)cccc3C)C2=O)cc(Br)c1OCc1ccc(Cl)cc1. The summed E-state index contributed by atoms with van der Waals surface area (Å²) < 4.78 is 12.1. The number of hydrogen-bond donors (Lipinski definition) is 1. The number of halogens is 2. The van der Waals surface area contributed by atoms with Gasteiger partial charge in [0.2, 0.25) is 5.91 Å². The zero-order valence-electron chi connectivity index (χ0n) is 20.8. The van der Waals surface area contributed by atoms with E-state index in [-0.39, 0.29) is 11.4 Å². The summed E-state index contributed by atoms with van der Waals surface area (Å²) in [6.07, 6.45) is 1.59. The van der Waals surface area contributed by atoms with Crippen LogP contribution in [0.4, 0.5) is 10.5 Å². The molecule has 1 heterocycles. The zero-order valence-corrected chi connectivity index (χ0v) is 24.0. The maximum atomic E-state index is 13.0. The molecule has 10 heteroatoms. The molecule has 3 aromatic rings. The first-order chi connectivity index (χ1) is 18.2. The summed E-state index contributed by atoms with van der Waals surface area (Å²) in [5.74, 6) is -0.0324. The smallest absolute Gasteiger partial charge is 0.294 e. The van der Waals surface area contributed by atoms with Gasteiger partial charge in [-0.3, -0.25) is 19.3 Å². The second kappa shape index (κ2) is 12.1. The fourth-order valence-corrected chi connectivity index (χ4v) is 5.36. The molecule has 1 N–H and O–H groups in total. The summed E-state index contributed by atoms with van der Waals surface area (Å²) in [7, 11) is 1.52. The van der Waals surface area contributed by atoms with Gasteiger partial charge in [-0.05, 0) is 94.1 Å². The zero-order chi connectivity index (χ0) is 27.4. The number of anilines is 1. The van der Waals surface area contributed by atoms with Crippen molar-refractivity contribution in [2.45, 2.75) is 20.5 Å². The molecular weight excluding hydrogens is 592 g/mol. The van der Waals surface area contributed by atoms with Crippen LogP contribution in [0.1, 0.15) is 22.3 Å². The summed E-state index contributed by atoms with van der Waals surface area (Å²) in [6.45, 7) is 3.69. The number of carbonyl (C=O) groups excluding carboxylic acids is 3. The Balaban J connectivity index is 1.48. The van der Waals surface area contributed by atoms with Crippen LogP contribution in [0.5, 0.6) is 11.5 Å². The number of methoxy groups -OCH3 is 1. The number of amides is 3. The highest BCUT2D eigenvalue weighted by Gasteiger charge is 2.36. The largest absolute Gasteiger partial charge is 0.493 e. The molecule has 3 amide bonds. The highest BCUT2D eigenvalue weighted by molar-refractivity contribution is 9.10. The van der Waals surface area contributed by atoms with Gasteiger partial charge in [0.1, 0.15) is 13.2 Å². The summed E-state index contributed by atoms with van der Waals surface area (Å²) in [5, 5.41) is 2.94. The molecule has 1 fully saturated rings. The first-order valence-electron chi connectivity index (χ1n) is 11.5. The Morgan fingerprint density at radius 1 is 1.11 bits per heavy atom. The van der Waals surface area contributed by atoms with E-state index in [1.54, 1.807) is 30.3 Å². The van der Waals surface area contributed by atoms with E-state index in [4.69, 9.17) is 21.1 Å². The quantitative estimate of drug-likeness (QED) is 0.275. The van der Waals surface area contributed by atoms with Crippen molar-refractivity contribution >= 4 is 68.1 Å². The van der Waals surface area contributed by atoms with Gasteiger partial charge in [0, 0.05) is 10.7 Å². The number of thioether (sulfide) groups is 1. The van der Waals surface area contributed by atoms with Crippen LogP contribution in [0, 0.1) is 13.8 Å². The number of ether oxygens (including phenoxy) is 2. The monoisotopic (exact) mass is 614 g/mol. The normalized spacial score (nSPS) is 14.2. The maximum absolute atomic E-state index is 13.0. The van der Waals surface area contributed by atoms with Gasteiger partial charge in [0.05, 0.1) is 16.5 Å². The van der Waals surface area contributed by atoms with Crippen molar-refractivity contribution in [1.29, 1.82) is 0 Å². The van der Waals surface area contributed by atoms with Gasteiger partial charge in [-0.25, -0.2) is 0 Å². The molecule has 196 valence electrons. The van der Waals surface area contributed by atoms with Gasteiger partial charge in [-0.2, -0.15) is 0 Å². The van der Waals surface area contributed by atoms with E-state index < -0.39 is 17.1 Å². The van der Waals surface area contributed by atoms with Crippen molar-refractivity contribution < 1.29 is 23.9 Å². The molecule has 38 heavy (non-hydrogen) atoms. The average molecular weight is 616 g/mol. The number of nitrogens with zero attached hydrogens (tertiary/aromatic N) is 1. The summed E-state index contributed by atoms with van der Waals surface area (Å²) in [6, 6.07) is 16.5. The van der Waals surface area contributed by atoms with Crippen molar-refractivity contribution in [3.8, 4) is 11.5 Å². The van der Waals surface area contributed by atoms with Crippen LogP contribution in [0.3, 0.4) is 0 Å². The third kappa shape index (κ3) is 6.40. The standard InChI is InChI=1S/C28H24BrClN2O5S/c1-16-5-4-6-17(2)25(16)31-24(33)14-32-27(34)23(38-28(32)35)13-19-11-21(29)26(22(12-19)36-3)37-15-18-7-9-20(30)10-8-18/h4-13H,14-15H2,1-3H3,(H,31,33)/b23-13+. The second-order valence-corrected chi connectivity index (χ2v) is 10.8. The summed E-state index contributed by atoms with van der Waals surface area (Å²) in [5.41, 5.74) is 4.02. The number of aryl methyl sites for hydroxylation is 2. The Morgan fingerprint density at radius 2 is 1.79 bits per heavy atom. The first kappa shape index (κ1) is 27.8. The number of rotatable bonds is 8. The van der Waals surface area contributed by atoms with E-state index >= 15 is 0 Å². The Hall–Kier alpha value is -3.27. The minimum Gasteiger partial charge on any atom is -0.493 e. The number of benzene rings is 3. The van der Waals surface area contributed by atoms with Gasteiger partial charge in [0.15, 0.2) is 11.5 Å². The molecule has 1 aliphatic rings. The van der Waals surface area contributed by atoms with Crippen LogP contribution < -0.4 is 14.8 Å². The fourth-order valence-electron chi connectivity index (χ4n) is 3.82. The lowest BCUT2D eigenvalue weighted by atomic mass is 10.1. The lowest BCUT2D eigenvalue weighted by Gasteiger charge is -2.15. The van der Waals surface area contributed by atoms with Gasteiger partial charge < -0.3 is 14.8 Å². The topological polar surface area (TPSA) is 84.9 Å². The van der Waals surface area contributed by atoms with E-state index in [1.807, 2.05) is 44.2 Å². The highest BCUT2D eigenvalue weighted by Crippen LogP contribution is 2.39. The number of hydrogen-bond acceptors (Lipinski definition) is 6. The minimum absolute atomic E-state index is 0.207. The maximum Gasteiger partial charge on any atom is 0.294 e. The molecule has 0 bridgehead atoms. The van der Waals surface area contributed by atoms with Crippen LogP contribution in [0.2, 0.25) is 5.02 Å². The second-order valence-electron chi connectivity index (χ2n) is 8.53. The van der Waals surface area contributed by atoms with Gasteiger partial charge in [0.25, 0.3) is 11.1 Å². The first-order valence-corrected chi connectivity index (χ1v) is 13.5. The van der Waals surface area contributed by atoms with Gasteiger partial charge >= 0.3 is 0 Å². The molecule has 3 aromatic carbocycles. The predicted molar refractivity (Wildman–Crippen MR) is 154 cm³/mol. The number of carbonyl (C=O) groups is 3. The average Bonchev–Trinajstić information content (AvgIpc) is 3.13. The molecule has 7 nitrogen and oxygen atoms in total. The Morgan fingerprint density at radius 3 is 2.45 bits per heavy atom. The van der Waals surface area contributed by atoms with Crippen molar-refractivity contribution in [3.05, 3.63) is 91.3 Å². The highest BCUT2D eigenvalue weighted by atomic mass is 79.9. The minimum atomic E-state index is -0.533. The van der Waals surface area contributed by atoms with Crippen LogP contribution in [-0.2, 0) is 16.2 Å². The van der Waals surface area contributed by atoms with Crippen LogP contribution in [-0.4, -0.2) is 35.6 Å². The summed E-state index contributed by atoms with van der Waals surface area (Å²) in [4.78, 5) is 39.4. The third-order valence-corrected chi connectivity index (χ3v) is 7.52. The molecule has 0 aromatic heterocycles. The number of imide groups is 1. The fraction of sp³-hybridized carbons (Fsp3) is 0.179. The van der Waals surface area contributed by atoms with Crippen molar-refractivity contribution in [1.82, 2.24) is 4.90 Å². The number of para-hydroxylation sites is 1. The van der Waals surface area contributed by atoms with Crippen LogP contribution in [0.25, 0.3) is 6.08 Å². The van der Waals surface area contributed by atoms with Crippen molar-refractivity contribution in [2.75, 3.05) is 19.0 Å². The molecule has 0 atom stereocenters. The van der Waals surface area contributed by atoms with Crippen LogP contribution >= 0.6 is 39.3 Å². The van der Waals surface area contributed by atoms with E-state index in [0.29, 0.717) is 38.9 Å². The van der Waals surface area contributed by atoms with E-state index in [0.717, 1.165) is 33.4 Å². The summed E-state index contributed by atoms with van der Waals surface area (Å²) >= 11 is 10.2. The van der Waals surface area contributed by atoms with Gasteiger partial charge in [-0.1, -0.05) is 41.9 Å². The lowest BCUT2D eigenvalue weighted by molar-refractivity contribution is -0.127. The molecule has 1 aliphatic heterocycles. The lowest BCUT2D eigenvalue weighted by Crippen LogP contribution is -2.36. The van der Waals surface area contributed by atoms with E-state index in [2.05, 4.69) is 21.2 Å². The molecule has 1 saturated heterocycles. The molecule has 0 saturated carbocycles. The van der Waals surface area contributed by atoms with E-state index in [9.17, 15) is 14.4 Å². The molecular formula is C28H24BrClN2O5S. The Bertz CT molecular complexity index is 1420. The molecule has 0 unspecified atom stereocenters. The molecule has 4 rings (SSSR count). The van der Waals surface area contributed by atoms with Gasteiger partial charge in [-0.15, -0.1) is 0 Å². The van der Waals surface area contributed by atoms with E-state index in [1.165, 1.54) is 7.11 Å². The Labute approximate surface area is 238 Å². The third-order valence-electron chi connectivity index (χ3n) is 5.77. The number of nitrogens with one attached hydrogen (secondary N) is 1. The molecule has 0 radical (unpaired) electrons. The molecule has 0 spiro atoms. The molecule has 0 aliphatic carbocycles. The van der Waals surface area contributed by atoms with Crippen LogP contribution in [0.15, 0.2) is 64.0 Å².